The fourth-order valence-corrected chi connectivity index (χ4v) is 2.94. The third-order valence-electron chi connectivity index (χ3n) is 4.34. The molecule has 1 heterocycles. The van der Waals surface area contributed by atoms with Crippen molar-refractivity contribution in [2.45, 2.75) is 0 Å². The molecule has 0 aliphatic carbocycles. The lowest BCUT2D eigenvalue weighted by molar-refractivity contribution is -0.111. The summed E-state index contributed by atoms with van der Waals surface area (Å²) in [5.74, 6) is 1.34. The smallest absolute Gasteiger partial charge is 0.248 e. The Labute approximate surface area is 174 Å². The van der Waals surface area contributed by atoms with E-state index >= 15 is 0 Å². The van der Waals surface area contributed by atoms with Crippen LogP contribution in [0.15, 0.2) is 72.8 Å². The van der Waals surface area contributed by atoms with Crippen molar-refractivity contribution in [1.82, 2.24) is 0 Å². The molecule has 1 amide bonds. The first-order valence-electron chi connectivity index (χ1n) is 9.08. The number of halogens is 1. The number of hydrogen-bond donors (Lipinski definition) is 1. The molecule has 1 aliphatic heterocycles. The van der Waals surface area contributed by atoms with Crippen LogP contribution in [0.2, 0.25) is 5.02 Å². The molecule has 3 aromatic carbocycles. The van der Waals surface area contributed by atoms with Crippen LogP contribution in [-0.2, 0) is 4.79 Å². The van der Waals surface area contributed by atoms with Gasteiger partial charge in [0, 0.05) is 16.8 Å². The number of nitrogens with one attached hydrogen (secondary N) is 1. The van der Waals surface area contributed by atoms with E-state index in [0.29, 0.717) is 5.02 Å². The molecule has 5 heteroatoms. The van der Waals surface area contributed by atoms with Crippen LogP contribution < -0.4 is 14.8 Å². The molecule has 144 valence electrons. The number of fused-ring (bicyclic) bond motifs is 1. The number of carbonyl (C=O) groups is 1. The summed E-state index contributed by atoms with van der Waals surface area (Å²) in [5.41, 5.74) is 3.70. The number of hydrogen-bond acceptors (Lipinski definition) is 3. The number of carbonyl (C=O) groups excluding carboxylic acids is 1. The Morgan fingerprint density at radius 1 is 0.793 bits per heavy atom. The molecule has 0 atom stereocenters. The molecule has 0 radical (unpaired) electrons. The SMILES string of the molecule is O=C(/C=C/c1ccc(Cl)cc1)Nc1ccc(/C=C/c2ccc3c(c2)OCO3)cc1. The fraction of sp³-hybridized carbons (Fsp3) is 0.0417. The van der Waals surface area contributed by atoms with Crippen molar-refractivity contribution in [2.75, 3.05) is 12.1 Å². The molecular formula is C24H18ClNO3. The molecule has 3 aromatic rings. The molecule has 29 heavy (non-hydrogen) atoms. The topological polar surface area (TPSA) is 47.6 Å². The highest BCUT2D eigenvalue weighted by Gasteiger charge is 2.12. The van der Waals surface area contributed by atoms with Gasteiger partial charge in [0.25, 0.3) is 0 Å². The first kappa shape index (κ1) is 18.8. The fourth-order valence-electron chi connectivity index (χ4n) is 2.82. The monoisotopic (exact) mass is 403 g/mol. The van der Waals surface area contributed by atoms with Gasteiger partial charge < -0.3 is 14.8 Å². The van der Waals surface area contributed by atoms with Crippen molar-refractivity contribution in [2.24, 2.45) is 0 Å². The summed E-state index contributed by atoms with van der Waals surface area (Å²) < 4.78 is 10.7. The van der Waals surface area contributed by atoms with E-state index in [1.165, 1.54) is 6.08 Å². The van der Waals surface area contributed by atoms with Crippen molar-refractivity contribution in [1.29, 1.82) is 0 Å². The van der Waals surface area contributed by atoms with E-state index in [2.05, 4.69) is 5.32 Å². The maximum atomic E-state index is 12.1. The summed E-state index contributed by atoms with van der Waals surface area (Å²) in [4.78, 5) is 12.1. The number of benzene rings is 3. The normalized spacial score (nSPS) is 12.6. The van der Waals surface area contributed by atoms with Gasteiger partial charge in [0.2, 0.25) is 12.7 Å². The zero-order valence-corrected chi connectivity index (χ0v) is 16.2. The Hall–Kier alpha value is -3.50. The highest BCUT2D eigenvalue weighted by molar-refractivity contribution is 6.30. The van der Waals surface area contributed by atoms with E-state index in [4.69, 9.17) is 21.1 Å². The Morgan fingerprint density at radius 2 is 1.41 bits per heavy atom. The summed E-state index contributed by atoms with van der Waals surface area (Å²) in [6, 6.07) is 20.7. The van der Waals surface area contributed by atoms with E-state index in [1.807, 2.05) is 66.7 Å². The average Bonchev–Trinajstić information content (AvgIpc) is 3.21. The zero-order chi connectivity index (χ0) is 20.1. The zero-order valence-electron chi connectivity index (χ0n) is 15.5. The highest BCUT2D eigenvalue weighted by atomic mass is 35.5. The second-order valence-electron chi connectivity index (χ2n) is 6.44. The summed E-state index contributed by atoms with van der Waals surface area (Å²) in [5, 5.41) is 3.51. The number of ether oxygens (including phenoxy) is 2. The van der Waals surface area contributed by atoms with Gasteiger partial charge in [0.1, 0.15) is 0 Å². The van der Waals surface area contributed by atoms with E-state index < -0.39 is 0 Å². The molecule has 0 spiro atoms. The van der Waals surface area contributed by atoms with Gasteiger partial charge in [0.05, 0.1) is 0 Å². The maximum absolute atomic E-state index is 12.1. The van der Waals surface area contributed by atoms with E-state index in [-0.39, 0.29) is 12.7 Å². The second-order valence-corrected chi connectivity index (χ2v) is 6.88. The number of anilines is 1. The van der Waals surface area contributed by atoms with Crippen LogP contribution in [0.3, 0.4) is 0 Å². The van der Waals surface area contributed by atoms with Crippen LogP contribution in [0.25, 0.3) is 18.2 Å². The lowest BCUT2D eigenvalue weighted by Crippen LogP contribution is -2.07. The van der Waals surface area contributed by atoms with Gasteiger partial charge in [-0.2, -0.15) is 0 Å². The van der Waals surface area contributed by atoms with Crippen LogP contribution in [-0.4, -0.2) is 12.7 Å². The molecule has 0 saturated heterocycles. The minimum Gasteiger partial charge on any atom is -0.454 e. The maximum Gasteiger partial charge on any atom is 0.248 e. The minimum atomic E-state index is -0.191. The molecule has 0 unspecified atom stereocenters. The quantitative estimate of drug-likeness (QED) is 0.426. The van der Waals surface area contributed by atoms with Crippen molar-refractivity contribution >= 4 is 41.4 Å². The van der Waals surface area contributed by atoms with Crippen molar-refractivity contribution in [3.63, 3.8) is 0 Å². The first-order chi connectivity index (χ1) is 14.2. The molecule has 1 aliphatic rings. The Bertz CT molecular complexity index is 1070. The van der Waals surface area contributed by atoms with Crippen molar-refractivity contribution in [3.8, 4) is 11.5 Å². The van der Waals surface area contributed by atoms with E-state index in [0.717, 1.165) is 33.9 Å². The largest absolute Gasteiger partial charge is 0.454 e. The van der Waals surface area contributed by atoms with Gasteiger partial charge in [0.15, 0.2) is 11.5 Å². The highest BCUT2D eigenvalue weighted by Crippen LogP contribution is 2.33. The Balaban J connectivity index is 1.35. The van der Waals surface area contributed by atoms with Gasteiger partial charge in [-0.1, -0.05) is 54.1 Å². The molecule has 0 aromatic heterocycles. The molecular weight excluding hydrogens is 386 g/mol. The number of amides is 1. The molecule has 4 rings (SSSR count). The predicted octanol–water partition coefficient (Wildman–Crippen LogP) is 5.89. The van der Waals surface area contributed by atoms with Crippen LogP contribution in [0.1, 0.15) is 16.7 Å². The van der Waals surface area contributed by atoms with Gasteiger partial charge >= 0.3 is 0 Å². The van der Waals surface area contributed by atoms with Crippen LogP contribution in [0, 0.1) is 0 Å². The summed E-state index contributed by atoms with van der Waals surface area (Å²) >= 11 is 5.86. The standard InChI is InChI=1S/C24H18ClNO3/c25-20-9-3-18(4-10-20)8-14-24(27)26-21-11-5-17(6-12-21)1-2-19-7-13-22-23(15-19)29-16-28-22/h1-15H,16H2,(H,26,27)/b2-1+,14-8+. The molecule has 0 fully saturated rings. The Kier molecular flexibility index (Phi) is 5.63. The number of rotatable bonds is 5. The van der Waals surface area contributed by atoms with Crippen LogP contribution in [0.5, 0.6) is 11.5 Å². The molecule has 1 N–H and O–H groups in total. The van der Waals surface area contributed by atoms with Crippen LogP contribution >= 0.6 is 11.6 Å². The summed E-state index contributed by atoms with van der Waals surface area (Å²) in [6.45, 7) is 0.268. The van der Waals surface area contributed by atoms with Crippen molar-refractivity contribution in [3.05, 3.63) is 94.5 Å². The summed E-state index contributed by atoms with van der Waals surface area (Å²) in [6.07, 6.45) is 7.25. The van der Waals surface area contributed by atoms with Gasteiger partial charge in [-0.15, -0.1) is 0 Å². The van der Waals surface area contributed by atoms with Crippen molar-refractivity contribution < 1.29 is 14.3 Å². The van der Waals surface area contributed by atoms with Gasteiger partial charge in [-0.25, -0.2) is 0 Å². The molecule has 4 nitrogen and oxygen atoms in total. The van der Waals surface area contributed by atoms with E-state index in [1.54, 1.807) is 18.2 Å². The third kappa shape index (κ3) is 5.06. The van der Waals surface area contributed by atoms with E-state index in [9.17, 15) is 4.79 Å². The van der Waals surface area contributed by atoms with Gasteiger partial charge in [-0.3, -0.25) is 4.79 Å². The first-order valence-corrected chi connectivity index (χ1v) is 9.46. The van der Waals surface area contributed by atoms with Crippen LogP contribution in [0.4, 0.5) is 5.69 Å². The lowest BCUT2D eigenvalue weighted by atomic mass is 10.1. The van der Waals surface area contributed by atoms with Gasteiger partial charge in [-0.05, 0) is 59.2 Å². The predicted molar refractivity (Wildman–Crippen MR) is 117 cm³/mol. The second kappa shape index (κ2) is 8.67. The molecule has 0 bridgehead atoms. The molecule has 0 saturated carbocycles. The summed E-state index contributed by atoms with van der Waals surface area (Å²) in [7, 11) is 0. The lowest BCUT2D eigenvalue weighted by Gasteiger charge is -2.03. The third-order valence-corrected chi connectivity index (χ3v) is 4.59. The Morgan fingerprint density at radius 3 is 2.21 bits per heavy atom. The average molecular weight is 404 g/mol. The minimum absolute atomic E-state index is 0.191.